The van der Waals surface area contributed by atoms with Gasteiger partial charge < -0.3 is 0 Å². The quantitative estimate of drug-likeness (QED) is 0.159. The first-order valence-corrected chi connectivity index (χ1v) is 18.7. The van der Waals surface area contributed by atoms with E-state index in [1.807, 2.05) is 0 Å². The number of aryl methyl sites for hydroxylation is 1. The first kappa shape index (κ1) is 30.8. The summed E-state index contributed by atoms with van der Waals surface area (Å²) in [5.41, 5.74) is 1.40. The Morgan fingerprint density at radius 1 is 0.298 bits per heavy atom. The molecule has 0 aliphatic rings. The van der Waals surface area contributed by atoms with Crippen LogP contribution in [0.3, 0.4) is 0 Å². The molecule has 0 aromatic heterocycles. The van der Waals surface area contributed by atoms with Gasteiger partial charge in [-0.2, -0.15) is 0 Å². The fourth-order valence-electron chi connectivity index (χ4n) is 6.16. The van der Waals surface area contributed by atoms with Gasteiger partial charge in [-0.3, -0.25) is 0 Å². The Kier molecular flexibility index (Phi) is 9.63. The Balaban J connectivity index is 0.000000150. The molecule has 2 heteroatoms. The summed E-state index contributed by atoms with van der Waals surface area (Å²) < 4.78 is 0. The topological polar surface area (TPSA) is 0 Å². The molecule has 8 aromatic carbocycles. The van der Waals surface area contributed by atoms with E-state index in [1.54, 1.807) is 0 Å². The summed E-state index contributed by atoms with van der Waals surface area (Å²) in [7, 11) is -1.06. The van der Waals surface area contributed by atoms with E-state index in [0.29, 0.717) is 0 Å². The third-order valence-corrected chi connectivity index (χ3v) is 13.5. The predicted octanol–water partition coefficient (Wildman–Crippen LogP) is 9.50. The Hall–Kier alpha value is -4.86. The van der Waals surface area contributed by atoms with Crippen LogP contribution in [0.1, 0.15) is 5.56 Å². The first-order valence-electron chi connectivity index (χ1n) is 16.0. The zero-order chi connectivity index (χ0) is 31.8. The van der Waals surface area contributed by atoms with E-state index in [4.69, 9.17) is 0 Å². The van der Waals surface area contributed by atoms with Crippen molar-refractivity contribution in [3.05, 3.63) is 206 Å². The molecule has 0 saturated heterocycles. The molecule has 226 valence electrons. The predicted molar refractivity (Wildman–Crippen MR) is 210 cm³/mol. The minimum absolute atomic E-state index is 0.519. The SMILES string of the molecule is Cc1c(P(c2ccccc2)c2ccccc2)ccc2ccccc12.c1ccc(P(c2ccccc2)c2ccc3ccccc3c2)cc1. The molecular weight excluding hydrogens is 602 g/mol. The largest absolute Gasteiger partial charge is 0.0622 e. The van der Waals surface area contributed by atoms with Crippen LogP contribution in [0.5, 0.6) is 0 Å². The Morgan fingerprint density at radius 2 is 0.702 bits per heavy atom. The van der Waals surface area contributed by atoms with Crippen molar-refractivity contribution in [3.8, 4) is 0 Å². The number of benzene rings is 8. The van der Waals surface area contributed by atoms with E-state index >= 15 is 0 Å². The molecule has 0 unspecified atom stereocenters. The molecule has 0 radical (unpaired) electrons. The van der Waals surface area contributed by atoms with Gasteiger partial charge in [0.15, 0.2) is 0 Å². The van der Waals surface area contributed by atoms with Gasteiger partial charge in [-0.1, -0.05) is 194 Å². The average molecular weight is 639 g/mol. The highest BCUT2D eigenvalue weighted by Crippen LogP contribution is 2.36. The van der Waals surface area contributed by atoms with Crippen LogP contribution < -0.4 is 31.8 Å². The maximum atomic E-state index is 2.35. The van der Waals surface area contributed by atoms with E-state index in [1.165, 1.54) is 58.9 Å². The second-order valence-corrected chi connectivity index (χ2v) is 15.9. The van der Waals surface area contributed by atoms with Crippen LogP contribution in [0.4, 0.5) is 0 Å². The van der Waals surface area contributed by atoms with Gasteiger partial charge in [0.05, 0.1) is 0 Å². The van der Waals surface area contributed by atoms with E-state index in [9.17, 15) is 0 Å². The lowest BCUT2D eigenvalue weighted by Crippen LogP contribution is -2.22. The van der Waals surface area contributed by atoms with Crippen molar-refractivity contribution in [1.82, 2.24) is 0 Å². The van der Waals surface area contributed by atoms with Crippen molar-refractivity contribution in [1.29, 1.82) is 0 Å². The highest BCUT2D eigenvalue weighted by molar-refractivity contribution is 7.80. The van der Waals surface area contributed by atoms with Gasteiger partial charge in [0.25, 0.3) is 0 Å². The summed E-state index contributed by atoms with van der Waals surface area (Å²) in [5.74, 6) is 0. The van der Waals surface area contributed by atoms with Gasteiger partial charge in [0.1, 0.15) is 0 Å². The molecule has 0 heterocycles. The number of fused-ring (bicyclic) bond motifs is 2. The molecule has 0 bridgehead atoms. The first-order chi connectivity index (χ1) is 23.3. The maximum absolute atomic E-state index is 2.35. The molecule has 0 amide bonds. The van der Waals surface area contributed by atoms with Crippen LogP contribution in [-0.2, 0) is 0 Å². The van der Waals surface area contributed by atoms with Crippen LogP contribution in [0, 0.1) is 6.92 Å². The van der Waals surface area contributed by atoms with Gasteiger partial charge in [-0.05, 0) is 87.8 Å². The lowest BCUT2D eigenvalue weighted by molar-refractivity contribution is 1.57. The second kappa shape index (κ2) is 14.7. The fraction of sp³-hybridized carbons (Fsp3) is 0.0222. The molecule has 0 saturated carbocycles. The zero-order valence-electron chi connectivity index (χ0n) is 26.4. The molecule has 0 spiro atoms. The Morgan fingerprint density at radius 3 is 1.23 bits per heavy atom. The van der Waals surface area contributed by atoms with Crippen molar-refractivity contribution < 1.29 is 0 Å². The van der Waals surface area contributed by atoms with E-state index in [-0.39, 0.29) is 0 Å². The number of hydrogen-bond acceptors (Lipinski definition) is 0. The molecule has 0 aliphatic carbocycles. The van der Waals surface area contributed by atoms with Gasteiger partial charge in [0.2, 0.25) is 0 Å². The molecule has 8 rings (SSSR count). The molecule has 47 heavy (non-hydrogen) atoms. The highest BCUT2D eigenvalue weighted by Gasteiger charge is 2.19. The van der Waals surface area contributed by atoms with Crippen LogP contribution in [0.15, 0.2) is 200 Å². The summed E-state index contributed by atoms with van der Waals surface area (Å²) in [6, 6.07) is 72.2. The fourth-order valence-corrected chi connectivity index (χ4v) is 11.0. The minimum Gasteiger partial charge on any atom is -0.0622 e. The zero-order valence-corrected chi connectivity index (χ0v) is 28.2. The standard InChI is InChI=1S/C23H19P.C22H17P/c1-18-22-15-9-8-10-19(22)16-17-23(18)24(20-11-4-2-5-12-20)21-13-6-3-7-14-21;1-3-11-20(12-4-1)23(21-13-5-2-6-14-21)22-16-15-18-9-7-8-10-19(18)17-22/h2-17H,1H3;1-17H. The van der Waals surface area contributed by atoms with Gasteiger partial charge in [-0.15, -0.1) is 0 Å². The van der Waals surface area contributed by atoms with Crippen LogP contribution >= 0.6 is 15.8 Å². The highest BCUT2D eigenvalue weighted by atomic mass is 31.1. The maximum Gasteiger partial charge on any atom is -0.0116 e. The van der Waals surface area contributed by atoms with Crippen molar-refractivity contribution in [3.63, 3.8) is 0 Å². The molecule has 0 atom stereocenters. The number of hydrogen-bond donors (Lipinski definition) is 0. The van der Waals surface area contributed by atoms with Crippen LogP contribution in [-0.4, -0.2) is 0 Å². The summed E-state index contributed by atoms with van der Waals surface area (Å²) in [6.07, 6.45) is 0. The van der Waals surface area contributed by atoms with Crippen LogP contribution in [0.25, 0.3) is 21.5 Å². The van der Waals surface area contributed by atoms with Gasteiger partial charge in [-0.25, -0.2) is 0 Å². The van der Waals surface area contributed by atoms with Crippen LogP contribution in [0.2, 0.25) is 0 Å². The lowest BCUT2D eigenvalue weighted by Gasteiger charge is -2.22. The average Bonchev–Trinajstić information content (AvgIpc) is 3.15. The summed E-state index contributed by atoms with van der Waals surface area (Å²) in [5, 5.41) is 13.7. The minimum atomic E-state index is -0.540. The normalized spacial score (nSPS) is 11.0. The summed E-state index contributed by atoms with van der Waals surface area (Å²) in [6.45, 7) is 2.26. The summed E-state index contributed by atoms with van der Waals surface area (Å²) >= 11 is 0. The molecule has 8 aromatic rings. The van der Waals surface area contributed by atoms with E-state index < -0.39 is 15.8 Å². The molecule has 0 aliphatic heterocycles. The third kappa shape index (κ3) is 6.96. The van der Waals surface area contributed by atoms with E-state index in [0.717, 1.165) is 0 Å². The number of rotatable bonds is 6. The molecular formula is C45H36P2. The van der Waals surface area contributed by atoms with Crippen molar-refractivity contribution in [2.75, 3.05) is 0 Å². The molecule has 0 fully saturated rings. The molecule has 0 nitrogen and oxygen atoms in total. The lowest BCUT2D eigenvalue weighted by atomic mass is 10.1. The van der Waals surface area contributed by atoms with Gasteiger partial charge in [0, 0.05) is 0 Å². The van der Waals surface area contributed by atoms with E-state index in [2.05, 4.69) is 207 Å². The third-order valence-electron chi connectivity index (χ3n) is 8.46. The van der Waals surface area contributed by atoms with Crippen molar-refractivity contribution >= 4 is 69.2 Å². The summed E-state index contributed by atoms with van der Waals surface area (Å²) in [4.78, 5) is 0. The second-order valence-electron chi connectivity index (χ2n) is 11.5. The van der Waals surface area contributed by atoms with Crippen molar-refractivity contribution in [2.45, 2.75) is 6.92 Å². The Bertz CT molecular complexity index is 2120. The monoisotopic (exact) mass is 638 g/mol. The van der Waals surface area contributed by atoms with Crippen molar-refractivity contribution in [2.24, 2.45) is 0 Å². The van der Waals surface area contributed by atoms with Gasteiger partial charge >= 0.3 is 0 Å². The Labute approximate surface area is 280 Å². The molecule has 0 N–H and O–H groups in total. The smallest absolute Gasteiger partial charge is 0.0116 e.